The standard InChI is InChI=1S/C15H18N2/c1-12-13(6-3-4-10-16-2)8-9-14-7-5-11-17-15(12)14/h3,5-9,11,16H,4,10H2,1-2H3. The van der Waals surface area contributed by atoms with E-state index in [-0.39, 0.29) is 0 Å². The molecule has 2 nitrogen and oxygen atoms in total. The van der Waals surface area contributed by atoms with Gasteiger partial charge in [0.15, 0.2) is 0 Å². The molecular formula is C15H18N2. The Kier molecular flexibility index (Phi) is 3.89. The number of nitrogens with one attached hydrogen (secondary N) is 1. The Morgan fingerprint density at radius 3 is 3.00 bits per heavy atom. The van der Waals surface area contributed by atoms with Crippen LogP contribution in [0.15, 0.2) is 36.5 Å². The van der Waals surface area contributed by atoms with Gasteiger partial charge in [0.1, 0.15) is 0 Å². The van der Waals surface area contributed by atoms with Crippen molar-refractivity contribution in [1.29, 1.82) is 0 Å². The van der Waals surface area contributed by atoms with Crippen molar-refractivity contribution in [3.63, 3.8) is 0 Å². The molecule has 0 saturated carbocycles. The van der Waals surface area contributed by atoms with Gasteiger partial charge in [0.25, 0.3) is 0 Å². The van der Waals surface area contributed by atoms with Crippen molar-refractivity contribution in [2.75, 3.05) is 13.6 Å². The lowest BCUT2D eigenvalue weighted by molar-refractivity contribution is 0.809. The summed E-state index contributed by atoms with van der Waals surface area (Å²) in [5, 5.41) is 4.34. The Bertz CT molecular complexity index is 529. The molecule has 1 aromatic carbocycles. The van der Waals surface area contributed by atoms with Crippen LogP contribution in [0.1, 0.15) is 17.5 Å². The van der Waals surface area contributed by atoms with E-state index < -0.39 is 0 Å². The van der Waals surface area contributed by atoms with E-state index in [0.29, 0.717) is 0 Å². The highest BCUT2D eigenvalue weighted by atomic mass is 14.8. The summed E-state index contributed by atoms with van der Waals surface area (Å²) in [4.78, 5) is 4.44. The summed E-state index contributed by atoms with van der Waals surface area (Å²) in [6, 6.07) is 8.37. The van der Waals surface area contributed by atoms with Gasteiger partial charge in [-0.15, -0.1) is 0 Å². The van der Waals surface area contributed by atoms with Crippen LogP contribution in [0.5, 0.6) is 0 Å². The minimum Gasteiger partial charge on any atom is -0.319 e. The first-order valence-electron chi connectivity index (χ1n) is 5.98. The van der Waals surface area contributed by atoms with Crippen molar-refractivity contribution in [3.8, 4) is 0 Å². The molecule has 0 aliphatic carbocycles. The lowest BCUT2D eigenvalue weighted by Crippen LogP contribution is -2.05. The third-order valence-corrected chi connectivity index (χ3v) is 2.93. The maximum Gasteiger partial charge on any atom is 0.0737 e. The van der Waals surface area contributed by atoms with Gasteiger partial charge >= 0.3 is 0 Å². The van der Waals surface area contributed by atoms with Crippen molar-refractivity contribution >= 4 is 17.0 Å². The fourth-order valence-corrected chi connectivity index (χ4v) is 1.93. The van der Waals surface area contributed by atoms with Crippen LogP contribution < -0.4 is 5.32 Å². The number of fused-ring (bicyclic) bond motifs is 1. The first-order valence-corrected chi connectivity index (χ1v) is 5.98. The zero-order valence-corrected chi connectivity index (χ0v) is 10.4. The molecule has 17 heavy (non-hydrogen) atoms. The average Bonchev–Trinajstić information content (AvgIpc) is 2.37. The molecule has 88 valence electrons. The number of hydrogen-bond acceptors (Lipinski definition) is 2. The molecule has 0 aliphatic heterocycles. The Labute approximate surface area is 102 Å². The Hall–Kier alpha value is -1.67. The van der Waals surface area contributed by atoms with Crippen LogP contribution in [0.4, 0.5) is 0 Å². The number of rotatable bonds is 4. The van der Waals surface area contributed by atoms with Crippen LogP contribution in [0.25, 0.3) is 17.0 Å². The topological polar surface area (TPSA) is 24.9 Å². The van der Waals surface area contributed by atoms with Gasteiger partial charge in [0.2, 0.25) is 0 Å². The van der Waals surface area contributed by atoms with Crippen LogP contribution in [0.3, 0.4) is 0 Å². The minimum absolute atomic E-state index is 1.02. The van der Waals surface area contributed by atoms with Crippen molar-refractivity contribution in [2.45, 2.75) is 13.3 Å². The Morgan fingerprint density at radius 1 is 1.29 bits per heavy atom. The third kappa shape index (κ3) is 2.71. The van der Waals surface area contributed by atoms with Crippen LogP contribution in [0.2, 0.25) is 0 Å². The van der Waals surface area contributed by atoms with Gasteiger partial charge in [-0.25, -0.2) is 0 Å². The summed E-state index contributed by atoms with van der Waals surface area (Å²) in [7, 11) is 1.97. The molecule has 1 N–H and O–H groups in total. The second-order valence-corrected chi connectivity index (χ2v) is 4.15. The van der Waals surface area contributed by atoms with Crippen molar-refractivity contribution in [3.05, 3.63) is 47.7 Å². The number of nitrogens with zero attached hydrogens (tertiary/aromatic N) is 1. The van der Waals surface area contributed by atoms with Gasteiger partial charge in [-0.3, -0.25) is 4.98 Å². The number of pyridine rings is 1. The maximum atomic E-state index is 4.44. The van der Waals surface area contributed by atoms with Gasteiger partial charge in [-0.2, -0.15) is 0 Å². The van der Waals surface area contributed by atoms with Crippen molar-refractivity contribution in [1.82, 2.24) is 10.3 Å². The molecule has 2 rings (SSSR count). The van der Waals surface area contributed by atoms with Crippen molar-refractivity contribution in [2.24, 2.45) is 0 Å². The summed E-state index contributed by atoms with van der Waals surface area (Å²) >= 11 is 0. The summed E-state index contributed by atoms with van der Waals surface area (Å²) in [5.74, 6) is 0. The van der Waals surface area contributed by atoms with E-state index in [4.69, 9.17) is 0 Å². The van der Waals surface area contributed by atoms with E-state index in [1.165, 1.54) is 16.5 Å². The Balaban J connectivity index is 2.29. The summed E-state index contributed by atoms with van der Waals surface area (Å²) in [5.41, 5.74) is 3.61. The zero-order valence-electron chi connectivity index (χ0n) is 10.4. The predicted octanol–water partition coefficient (Wildman–Crippen LogP) is 3.17. The molecule has 0 fully saturated rings. The van der Waals surface area contributed by atoms with Crippen LogP contribution in [0, 0.1) is 6.92 Å². The maximum absolute atomic E-state index is 4.44. The van der Waals surface area contributed by atoms with E-state index in [0.717, 1.165) is 18.5 Å². The largest absolute Gasteiger partial charge is 0.319 e. The first-order chi connectivity index (χ1) is 8.33. The molecular weight excluding hydrogens is 208 g/mol. The van der Waals surface area contributed by atoms with E-state index in [9.17, 15) is 0 Å². The van der Waals surface area contributed by atoms with E-state index in [2.05, 4.69) is 47.6 Å². The summed E-state index contributed by atoms with van der Waals surface area (Å²) in [6.07, 6.45) is 7.29. The van der Waals surface area contributed by atoms with Gasteiger partial charge in [0.05, 0.1) is 5.52 Å². The summed E-state index contributed by atoms with van der Waals surface area (Å²) < 4.78 is 0. The molecule has 1 aromatic heterocycles. The third-order valence-electron chi connectivity index (χ3n) is 2.93. The molecule has 0 atom stereocenters. The van der Waals surface area contributed by atoms with Crippen LogP contribution in [-0.2, 0) is 0 Å². The van der Waals surface area contributed by atoms with Gasteiger partial charge in [-0.1, -0.05) is 30.4 Å². The Morgan fingerprint density at radius 2 is 2.18 bits per heavy atom. The second kappa shape index (κ2) is 5.60. The number of aromatic nitrogens is 1. The number of benzene rings is 1. The number of aryl methyl sites for hydroxylation is 1. The van der Waals surface area contributed by atoms with Gasteiger partial charge in [-0.05, 0) is 44.1 Å². The van der Waals surface area contributed by atoms with Gasteiger partial charge < -0.3 is 5.32 Å². The molecule has 0 radical (unpaired) electrons. The van der Waals surface area contributed by atoms with Gasteiger partial charge in [0, 0.05) is 11.6 Å². The zero-order chi connectivity index (χ0) is 12.1. The highest BCUT2D eigenvalue weighted by molar-refractivity contribution is 5.84. The molecule has 0 saturated heterocycles. The monoisotopic (exact) mass is 226 g/mol. The smallest absolute Gasteiger partial charge is 0.0737 e. The molecule has 2 heteroatoms. The fourth-order valence-electron chi connectivity index (χ4n) is 1.93. The van der Waals surface area contributed by atoms with Crippen molar-refractivity contribution < 1.29 is 0 Å². The van der Waals surface area contributed by atoms with E-state index in [1.54, 1.807) is 0 Å². The fraction of sp³-hybridized carbons (Fsp3) is 0.267. The predicted molar refractivity (Wildman–Crippen MR) is 74.1 cm³/mol. The quantitative estimate of drug-likeness (QED) is 0.810. The van der Waals surface area contributed by atoms with E-state index in [1.807, 2.05) is 19.3 Å². The SMILES string of the molecule is CNCCC=Cc1ccc2cccnc2c1C. The number of hydrogen-bond donors (Lipinski definition) is 1. The molecule has 0 aliphatic rings. The summed E-state index contributed by atoms with van der Waals surface area (Å²) in [6.45, 7) is 3.15. The van der Waals surface area contributed by atoms with E-state index >= 15 is 0 Å². The van der Waals surface area contributed by atoms with Crippen LogP contribution in [-0.4, -0.2) is 18.6 Å². The molecule has 0 unspecified atom stereocenters. The minimum atomic E-state index is 1.02. The lowest BCUT2D eigenvalue weighted by Gasteiger charge is -2.04. The first kappa shape index (κ1) is 11.8. The average molecular weight is 226 g/mol. The van der Waals surface area contributed by atoms with Crippen LogP contribution >= 0.6 is 0 Å². The highest BCUT2D eigenvalue weighted by Crippen LogP contribution is 2.20. The molecule has 0 spiro atoms. The molecule has 0 bridgehead atoms. The second-order valence-electron chi connectivity index (χ2n) is 4.15. The molecule has 0 amide bonds. The lowest BCUT2D eigenvalue weighted by atomic mass is 10.0. The highest BCUT2D eigenvalue weighted by Gasteiger charge is 2.01. The normalized spacial score (nSPS) is 11.4. The molecule has 2 aromatic rings. The molecule has 1 heterocycles.